The van der Waals surface area contributed by atoms with Crippen LogP contribution in [0.15, 0.2) is 30.3 Å². The molecule has 1 heterocycles. The topological polar surface area (TPSA) is 32.3 Å². The molecule has 0 aromatic heterocycles. The van der Waals surface area contributed by atoms with E-state index in [0.717, 1.165) is 18.8 Å². The lowest BCUT2D eigenvalue weighted by Crippen LogP contribution is -2.58. The number of halogens is 1. The molecular formula is C16H25ClN2OS. The Hall–Kier alpha value is -0.710. The predicted octanol–water partition coefficient (Wildman–Crippen LogP) is 2.94. The van der Waals surface area contributed by atoms with E-state index in [9.17, 15) is 4.79 Å². The van der Waals surface area contributed by atoms with E-state index in [4.69, 9.17) is 0 Å². The fourth-order valence-corrected chi connectivity index (χ4v) is 3.38. The van der Waals surface area contributed by atoms with E-state index < -0.39 is 0 Å². The van der Waals surface area contributed by atoms with Gasteiger partial charge in [0.2, 0.25) is 5.91 Å². The zero-order valence-electron chi connectivity index (χ0n) is 12.9. The number of piperazine rings is 1. The molecule has 1 fully saturated rings. The lowest BCUT2D eigenvalue weighted by atomic mass is 10.1. The van der Waals surface area contributed by atoms with E-state index in [2.05, 4.69) is 31.3 Å². The molecule has 1 aromatic carbocycles. The lowest BCUT2D eigenvalue weighted by Gasteiger charge is -2.39. The number of nitrogens with zero attached hydrogens (tertiary/aromatic N) is 1. The Labute approximate surface area is 138 Å². The molecule has 0 aliphatic carbocycles. The van der Waals surface area contributed by atoms with Crippen molar-refractivity contribution in [2.75, 3.05) is 13.1 Å². The third kappa shape index (κ3) is 4.90. The lowest BCUT2D eigenvalue weighted by molar-refractivity contribution is -0.133. The summed E-state index contributed by atoms with van der Waals surface area (Å²) >= 11 is 1.72. The van der Waals surface area contributed by atoms with Crippen LogP contribution >= 0.6 is 24.2 Å². The molecule has 5 heteroatoms. The molecule has 0 radical (unpaired) electrons. The van der Waals surface area contributed by atoms with Crippen molar-refractivity contribution in [3.63, 3.8) is 0 Å². The second-order valence-corrected chi connectivity index (χ2v) is 6.78. The number of hydrogen-bond acceptors (Lipinski definition) is 3. The number of amides is 1. The van der Waals surface area contributed by atoms with Crippen LogP contribution in [0.4, 0.5) is 0 Å². The summed E-state index contributed by atoms with van der Waals surface area (Å²) in [6.07, 6.45) is 0. The number of rotatable bonds is 4. The van der Waals surface area contributed by atoms with E-state index in [0.29, 0.717) is 6.04 Å². The Morgan fingerprint density at radius 1 is 1.38 bits per heavy atom. The summed E-state index contributed by atoms with van der Waals surface area (Å²) in [5, 5.41) is 3.43. The molecule has 1 saturated heterocycles. The van der Waals surface area contributed by atoms with Crippen LogP contribution in [0.25, 0.3) is 0 Å². The van der Waals surface area contributed by atoms with Gasteiger partial charge in [0, 0.05) is 30.9 Å². The van der Waals surface area contributed by atoms with E-state index in [1.807, 2.05) is 30.0 Å². The number of thioether (sulfide) groups is 1. The van der Waals surface area contributed by atoms with E-state index in [1.165, 1.54) is 5.56 Å². The largest absolute Gasteiger partial charge is 0.336 e. The zero-order chi connectivity index (χ0) is 14.5. The van der Waals surface area contributed by atoms with Gasteiger partial charge in [0.1, 0.15) is 0 Å². The molecule has 1 aromatic rings. The van der Waals surface area contributed by atoms with Gasteiger partial charge < -0.3 is 10.2 Å². The molecule has 1 aliphatic rings. The van der Waals surface area contributed by atoms with Crippen LogP contribution in [0, 0.1) is 0 Å². The number of nitrogens with one attached hydrogen (secondary N) is 1. The second-order valence-electron chi connectivity index (χ2n) is 5.45. The van der Waals surface area contributed by atoms with Crippen LogP contribution in [0.1, 0.15) is 26.3 Å². The van der Waals surface area contributed by atoms with Gasteiger partial charge in [-0.3, -0.25) is 4.79 Å². The molecule has 3 nitrogen and oxygen atoms in total. The summed E-state index contributed by atoms with van der Waals surface area (Å²) < 4.78 is 0. The first-order valence-corrected chi connectivity index (χ1v) is 8.34. The van der Waals surface area contributed by atoms with Gasteiger partial charge >= 0.3 is 0 Å². The smallest absolute Gasteiger partial charge is 0.235 e. The average Bonchev–Trinajstić information content (AvgIpc) is 2.48. The highest BCUT2D eigenvalue weighted by molar-refractivity contribution is 7.99. The van der Waals surface area contributed by atoms with Gasteiger partial charge in [0.25, 0.3) is 0 Å². The molecule has 0 saturated carbocycles. The molecule has 1 aliphatic heterocycles. The van der Waals surface area contributed by atoms with E-state index in [1.54, 1.807) is 11.8 Å². The molecular weight excluding hydrogens is 304 g/mol. The van der Waals surface area contributed by atoms with E-state index in [-0.39, 0.29) is 29.6 Å². The van der Waals surface area contributed by atoms with Crippen molar-refractivity contribution in [1.82, 2.24) is 10.2 Å². The molecule has 2 rings (SSSR count). The fourth-order valence-electron chi connectivity index (χ4n) is 2.47. The summed E-state index contributed by atoms with van der Waals surface area (Å²) in [5.74, 6) is 1.16. The Bertz CT molecular complexity index is 443. The van der Waals surface area contributed by atoms with Gasteiger partial charge in [0.15, 0.2) is 0 Å². The monoisotopic (exact) mass is 328 g/mol. The van der Waals surface area contributed by atoms with Crippen molar-refractivity contribution < 1.29 is 4.79 Å². The van der Waals surface area contributed by atoms with Gasteiger partial charge in [-0.25, -0.2) is 0 Å². The van der Waals surface area contributed by atoms with Gasteiger partial charge in [-0.2, -0.15) is 0 Å². The Morgan fingerprint density at radius 2 is 2.05 bits per heavy atom. The summed E-state index contributed by atoms with van der Waals surface area (Å²) in [6, 6.07) is 11.0. The maximum Gasteiger partial charge on any atom is 0.235 e. The van der Waals surface area contributed by atoms with Crippen molar-refractivity contribution in [3.8, 4) is 0 Å². The molecule has 0 bridgehead atoms. The molecule has 118 valence electrons. The van der Waals surface area contributed by atoms with Crippen LogP contribution < -0.4 is 5.32 Å². The molecule has 1 N–H and O–H groups in total. The highest BCUT2D eigenvalue weighted by Gasteiger charge is 2.30. The summed E-state index contributed by atoms with van der Waals surface area (Å²) in [6.45, 7) is 8.01. The molecule has 21 heavy (non-hydrogen) atoms. The van der Waals surface area contributed by atoms with Crippen LogP contribution in [-0.4, -0.2) is 41.2 Å². The van der Waals surface area contributed by atoms with Gasteiger partial charge in [-0.1, -0.05) is 30.3 Å². The maximum absolute atomic E-state index is 12.6. The highest BCUT2D eigenvalue weighted by atomic mass is 35.5. The Morgan fingerprint density at radius 3 is 2.71 bits per heavy atom. The number of hydrogen-bond donors (Lipinski definition) is 1. The van der Waals surface area contributed by atoms with Crippen LogP contribution in [0.3, 0.4) is 0 Å². The highest BCUT2D eigenvalue weighted by Crippen LogP contribution is 2.21. The molecule has 1 amide bonds. The minimum absolute atomic E-state index is 0. The minimum atomic E-state index is 0. The van der Waals surface area contributed by atoms with Crippen LogP contribution in [0.5, 0.6) is 0 Å². The van der Waals surface area contributed by atoms with Crippen molar-refractivity contribution in [2.45, 2.75) is 43.9 Å². The molecule has 0 spiro atoms. The zero-order valence-corrected chi connectivity index (χ0v) is 14.5. The van der Waals surface area contributed by atoms with Crippen molar-refractivity contribution >= 4 is 30.1 Å². The first kappa shape index (κ1) is 18.3. The quantitative estimate of drug-likeness (QED) is 0.922. The van der Waals surface area contributed by atoms with Crippen molar-refractivity contribution in [3.05, 3.63) is 35.9 Å². The third-order valence-electron chi connectivity index (χ3n) is 4.01. The normalized spacial score (nSPS) is 23.3. The standard InChI is InChI=1S/C16H24N2OS.ClH/c1-12-13(2)18(10-9-17-12)16(19)14(3)20-11-15-7-5-4-6-8-15;/h4-8,12-14,17H,9-11H2,1-3H3;1H. The Balaban J connectivity index is 0.00000220. The predicted molar refractivity (Wildman–Crippen MR) is 93.1 cm³/mol. The summed E-state index contributed by atoms with van der Waals surface area (Å²) in [7, 11) is 0. The minimum Gasteiger partial charge on any atom is -0.336 e. The first-order chi connectivity index (χ1) is 9.59. The number of carbonyl (C=O) groups is 1. The third-order valence-corrected chi connectivity index (χ3v) is 5.21. The molecule has 3 unspecified atom stereocenters. The van der Waals surface area contributed by atoms with Crippen molar-refractivity contribution in [1.29, 1.82) is 0 Å². The van der Waals surface area contributed by atoms with Gasteiger partial charge in [-0.15, -0.1) is 24.2 Å². The summed E-state index contributed by atoms with van der Waals surface area (Å²) in [4.78, 5) is 14.6. The van der Waals surface area contributed by atoms with Crippen molar-refractivity contribution in [2.24, 2.45) is 0 Å². The number of benzene rings is 1. The molecule has 3 atom stereocenters. The first-order valence-electron chi connectivity index (χ1n) is 7.29. The SMILES string of the molecule is CC(SCc1ccccc1)C(=O)N1CCNC(C)C1C.Cl. The Kier molecular flexibility index (Phi) is 7.57. The fraction of sp³-hybridized carbons (Fsp3) is 0.562. The summed E-state index contributed by atoms with van der Waals surface area (Å²) in [5.41, 5.74) is 1.28. The number of carbonyl (C=O) groups excluding carboxylic acids is 1. The van der Waals surface area contributed by atoms with E-state index >= 15 is 0 Å². The van der Waals surface area contributed by atoms with Crippen LogP contribution in [0.2, 0.25) is 0 Å². The van der Waals surface area contributed by atoms with Gasteiger partial charge in [-0.05, 0) is 26.3 Å². The maximum atomic E-state index is 12.6. The van der Waals surface area contributed by atoms with Gasteiger partial charge in [0.05, 0.1) is 5.25 Å². The van der Waals surface area contributed by atoms with Crippen LogP contribution in [-0.2, 0) is 10.5 Å². The average molecular weight is 329 g/mol. The second kappa shape index (κ2) is 8.66.